The van der Waals surface area contributed by atoms with Crippen molar-refractivity contribution in [2.24, 2.45) is 5.73 Å². The second-order valence-corrected chi connectivity index (χ2v) is 8.10. The van der Waals surface area contributed by atoms with Crippen molar-refractivity contribution in [2.75, 3.05) is 12.3 Å². The van der Waals surface area contributed by atoms with Crippen LogP contribution in [0, 0.1) is 13.8 Å². The van der Waals surface area contributed by atoms with Gasteiger partial charge in [-0.3, -0.25) is 9.59 Å². The number of hydrogen-bond donors (Lipinski definition) is 1. The molecule has 1 fully saturated rings. The van der Waals surface area contributed by atoms with Gasteiger partial charge in [-0.1, -0.05) is 11.8 Å². The molecule has 1 saturated heterocycles. The van der Waals surface area contributed by atoms with Crippen molar-refractivity contribution in [2.45, 2.75) is 44.2 Å². The molecular weight excluding hydrogens is 344 g/mol. The van der Waals surface area contributed by atoms with Gasteiger partial charge in [-0.2, -0.15) is 0 Å². The Kier molecular flexibility index (Phi) is 5.05. The van der Waals surface area contributed by atoms with E-state index >= 15 is 0 Å². The Morgan fingerprint density at radius 2 is 2.17 bits per heavy atom. The van der Waals surface area contributed by atoms with Crippen LogP contribution in [0.4, 0.5) is 0 Å². The standard InChI is InChI=1S/C16H20N4O2S2/c1-9-10(2)24-16-13(9)15(18-8-19-16)23-7-12(21)20-6-4-3-5-11(20)14(17)22/h8,11H,3-7H2,1-2H3,(H2,17,22)/t11-/m0/s1. The predicted octanol–water partition coefficient (Wildman–Crippen LogP) is 2.27. The number of carbonyl (C=O) groups is 2. The van der Waals surface area contributed by atoms with Crippen LogP contribution >= 0.6 is 23.1 Å². The summed E-state index contributed by atoms with van der Waals surface area (Å²) in [5.74, 6) is -0.217. The summed E-state index contributed by atoms with van der Waals surface area (Å²) in [5, 5.41) is 1.85. The van der Waals surface area contributed by atoms with Gasteiger partial charge in [0.15, 0.2) is 0 Å². The van der Waals surface area contributed by atoms with Crippen LogP contribution in [0.2, 0.25) is 0 Å². The van der Waals surface area contributed by atoms with Crippen molar-refractivity contribution >= 4 is 45.1 Å². The molecule has 2 N–H and O–H groups in total. The van der Waals surface area contributed by atoms with Crippen molar-refractivity contribution in [1.82, 2.24) is 14.9 Å². The minimum absolute atomic E-state index is 0.0557. The number of fused-ring (bicyclic) bond motifs is 1. The summed E-state index contributed by atoms with van der Waals surface area (Å²) >= 11 is 3.04. The molecule has 2 amide bonds. The van der Waals surface area contributed by atoms with Crippen molar-refractivity contribution in [3.05, 3.63) is 16.8 Å². The normalized spacial score (nSPS) is 18.1. The van der Waals surface area contributed by atoms with Crippen molar-refractivity contribution in [3.63, 3.8) is 0 Å². The third-order valence-corrected chi connectivity index (χ3v) is 6.50. The van der Waals surface area contributed by atoms with Gasteiger partial charge in [-0.15, -0.1) is 11.3 Å². The highest BCUT2D eigenvalue weighted by molar-refractivity contribution is 8.00. The molecule has 6 nitrogen and oxygen atoms in total. The number of rotatable bonds is 4. The summed E-state index contributed by atoms with van der Waals surface area (Å²) in [6.45, 7) is 4.71. The highest BCUT2D eigenvalue weighted by atomic mass is 32.2. The van der Waals surface area contributed by atoms with Gasteiger partial charge in [0.05, 0.1) is 5.75 Å². The van der Waals surface area contributed by atoms with Crippen LogP contribution in [0.15, 0.2) is 11.4 Å². The van der Waals surface area contributed by atoms with Gasteiger partial charge < -0.3 is 10.6 Å². The number of aryl methyl sites for hydroxylation is 2. The van der Waals surface area contributed by atoms with E-state index in [9.17, 15) is 9.59 Å². The molecule has 0 radical (unpaired) electrons. The van der Waals surface area contributed by atoms with E-state index in [2.05, 4.69) is 23.8 Å². The van der Waals surface area contributed by atoms with Crippen LogP contribution in [0.1, 0.15) is 29.7 Å². The highest BCUT2D eigenvalue weighted by Gasteiger charge is 2.30. The lowest BCUT2D eigenvalue weighted by molar-refractivity contribution is -0.138. The lowest BCUT2D eigenvalue weighted by Gasteiger charge is -2.33. The Morgan fingerprint density at radius 1 is 1.38 bits per heavy atom. The molecule has 3 heterocycles. The first kappa shape index (κ1) is 17.2. The number of piperidine rings is 1. The molecule has 8 heteroatoms. The van der Waals surface area contributed by atoms with Crippen LogP contribution in [-0.4, -0.2) is 45.0 Å². The fraction of sp³-hybridized carbons (Fsp3) is 0.500. The second kappa shape index (κ2) is 7.06. The van der Waals surface area contributed by atoms with Gasteiger partial charge in [-0.05, 0) is 38.7 Å². The number of primary amides is 1. The minimum Gasteiger partial charge on any atom is -0.368 e. The number of amides is 2. The fourth-order valence-corrected chi connectivity index (χ4v) is 5.00. The van der Waals surface area contributed by atoms with E-state index in [0.717, 1.165) is 28.1 Å². The van der Waals surface area contributed by atoms with Gasteiger partial charge in [0.25, 0.3) is 0 Å². The van der Waals surface area contributed by atoms with E-state index in [1.54, 1.807) is 16.2 Å². The molecule has 0 aliphatic carbocycles. The molecule has 1 aliphatic heterocycles. The number of thiophene rings is 1. The largest absolute Gasteiger partial charge is 0.368 e. The highest BCUT2D eigenvalue weighted by Crippen LogP contribution is 2.34. The van der Waals surface area contributed by atoms with Gasteiger partial charge in [0.1, 0.15) is 22.2 Å². The third-order valence-electron chi connectivity index (χ3n) is 4.41. The molecular formula is C16H20N4O2S2. The zero-order chi connectivity index (χ0) is 17.3. The monoisotopic (exact) mass is 364 g/mol. The number of nitrogens with two attached hydrogens (primary N) is 1. The third kappa shape index (κ3) is 3.25. The van der Waals surface area contributed by atoms with E-state index in [1.165, 1.54) is 28.5 Å². The SMILES string of the molecule is Cc1sc2ncnc(SCC(=O)N3CCCC[C@H]3C(N)=O)c2c1C. The number of thioether (sulfide) groups is 1. The predicted molar refractivity (Wildman–Crippen MR) is 96.2 cm³/mol. The average molecular weight is 364 g/mol. The number of hydrogen-bond acceptors (Lipinski definition) is 6. The molecule has 2 aromatic rings. The van der Waals surface area contributed by atoms with Gasteiger partial charge >= 0.3 is 0 Å². The Balaban J connectivity index is 1.76. The van der Waals surface area contributed by atoms with Crippen molar-refractivity contribution in [1.29, 1.82) is 0 Å². The summed E-state index contributed by atoms with van der Waals surface area (Å²) in [6.07, 6.45) is 4.05. The summed E-state index contributed by atoms with van der Waals surface area (Å²) in [6, 6.07) is -0.470. The van der Waals surface area contributed by atoms with Crippen LogP contribution in [0.3, 0.4) is 0 Å². The lowest BCUT2D eigenvalue weighted by atomic mass is 10.0. The number of likely N-dealkylation sites (tertiary alicyclic amines) is 1. The number of nitrogens with zero attached hydrogens (tertiary/aromatic N) is 3. The van der Waals surface area contributed by atoms with Gasteiger partial charge in [-0.25, -0.2) is 9.97 Å². The Hall–Kier alpha value is -1.67. The maximum atomic E-state index is 12.6. The zero-order valence-corrected chi connectivity index (χ0v) is 15.4. The zero-order valence-electron chi connectivity index (χ0n) is 13.7. The smallest absolute Gasteiger partial charge is 0.240 e. The second-order valence-electron chi connectivity index (χ2n) is 5.93. The maximum absolute atomic E-state index is 12.6. The minimum atomic E-state index is -0.470. The fourth-order valence-electron chi connectivity index (χ4n) is 3.00. The number of aromatic nitrogens is 2. The van der Waals surface area contributed by atoms with Crippen molar-refractivity contribution in [3.8, 4) is 0 Å². The molecule has 1 aliphatic rings. The van der Waals surface area contributed by atoms with E-state index in [0.29, 0.717) is 13.0 Å². The Bertz CT molecular complexity index is 790. The summed E-state index contributed by atoms with van der Waals surface area (Å²) in [7, 11) is 0. The lowest BCUT2D eigenvalue weighted by Crippen LogP contribution is -2.51. The summed E-state index contributed by atoms with van der Waals surface area (Å²) in [4.78, 5) is 36.6. The molecule has 0 aromatic carbocycles. The molecule has 0 saturated carbocycles. The molecule has 0 spiro atoms. The molecule has 0 unspecified atom stereocenters. The molecule has 2 aromatic heterocycles. The Morgan fingerprint density at radius 3 is 2.92 bits per heavy atom. The first-order chi connectivity index (χ1) is 11.5. The molecule has 0 bridgehead atoms. The van der Waals surface area contributed by atoms with E-state index in [1.807, 2.05) is 0 Å². The van der Waals surface area contributed by atoms with Gasteiger partial charge in [0.2, 0.25) is 11.8 Å². The summed E-state index contributed by atoms with van der Waals surface area (Å²) in [5.41, 5.74) is 6.61. The van der Waals surface area contributed by atoms with Crippen LogP contribution in [0.5, 0.6) is 0 Å². The summed E-state index contributed by atoms with van der Waals surface area (Å²) < 4.78 is 0. The van der Waals surface area contributed by atoms with Crippen LogP contribution in [0.25, 0.3) is 10.2 Å². The molecule has 128 valence electrons. The van der Waals surface area contributed by atoms with Crippen LogP contribution in [-0.2, 0) is 9.59 Å². The number of carbonyl (C=O) groups excluding carboxylic acids is 2. The maximum Gasteiger partial charge on any atom is 0.240 e. The molecule has 24 heavy (non-hydrogen) atoms. The average Bonchev–Trinajstić information content (AvgIpc) is 2.87. The van der Waals surface area contributed by atoms with E-state index < -0.39 is 11.9 Å². The first-order valence-electron chi connectivity index (χ1n) is 7.91. The van der Waals surface area contributed by atoms with Crippen LogP contribution < -0.4 is 5.73 Å². The topological polar surface area (TPSA) is 89.2 Å². The Labute approximate surface area is 148 Å². The first-order valence-corrected chi connectivity index (χ1v) is 9.71. The van der Waals surface area contributed by atoms with E-state index in [-0.39, 0.29) is 11.7 Å². The van der Waals surface area contributed by atoms with Gasteiger partial charge in [0, 0.05) is 16.8 Å². The molecule has 3 rings (SSSR count). The van der Waals surface area contributed by atoms with Crippen molar-refractivity contribution < 1.29 is 9.59 Å². The molecule has 1 atom stereocenters. The van der Waals surface area contributed by atoms with E-state index in [4.69, 9.17) is 5.73 Å². The quantitative estimate of drug-likeness (QED) is 0.664.